The van der Waals surface area contributed by atoms with Crippen LogP contribution in [0.25, 0.3) is 0 Å². The molecule has 0 radical (unpaired) electrons. The predicted octanol–water partition coefficient (Wildman–Crippen LogP) is 3.67. The van der Waals surface area contributed by atoms with Crippen molar-refractivity contribution in [2.45, 2.75) is 17.9 Å². The molecule has 0 aliphatic carbocycles. The number of benzene rings is 2. The lowest BCUT2D eigenvalue weighted by Crippen LogP contribution is -2.46. The van der Waals surface area contributed by atoms with E-state index in [1.165, 1.54) is 11.8 Å². The van der Waals surface area contributed by atoms with Gasteiger partial charge in [0.15, 0.2) is 0 Å². The number of carbonyl (C=O) groups excluding carboxylic acids is 2. The average Bonchev–Trinajstić information content (AvgIpc) is 2.77. The van der Waals surface area contributed by atoms with Crippen molar-refractivity contribution < 1.29 is 23.8 Å². The molecule has 1 unspecified atom stereocenters. The summed E-state index contributed by atoms with van der Waals surface area (Å²) >= 11 is 1.51. The molecule has 158 valence electrons. The minimum absolute atomic E-state index is 0.241. The quantitative estimate of drug-likeness (QED) is 0.493. The lowest BCUT2D eigenvalue weighted by molar-refractivity contribution is -0.139. The van der Waals surface area contributed by atoms with Crippen LogP contribution >= 0.6 is 11.8 Å². The fourth-order valence-corrected chi connectivity index (χ4v) is 3.92. The second kappa shape index (κ2) is 10.1. The summed E-state index contributed by atoms with van der Waals surface area (Å²) in [4.78, 5) is 26.1. The van der Waals surface area contributed by atoms with Crippen molar-refractivity contribution in [3.8, 4) is 11.5 Å². The van der Waals surface area contributed by atoms with Crippen molar-refractivity contribution in [1.29, 1.82) is 0 Å². The number of nitrogens with one attached hydrogen (secondary N) is 2. The summed E-state index contributed by atoms with van der Waals surface area (Å²) in [5.74, 6) is 1.40. The van der Waals surface area contributed by atoms with Crippen molar-refractivity contribution in [1.82, 2.24) is 10.6 Å². The third-order valence-corrected chi connectivity index (χ3v) is 5.58. The number of hydrogen-bond acceptors (Lipinski definition) is 6. The van der Waals surface area contributed by atoms with E-state index in [1.807, 2.05) is 36.4 Å². The number of carbonyl (C=O) groups is 2. The largest absolute Gasteiger partial charge is 0.497 e. The zero-order valence-electron chi connectivity index (χ0n) is 17.1. The zero-order chi connectivity index (χ0) is 21.5. The molecule has 7 nitrogen and oxygen atoms in total. The summed E-state index contributed by atoms with van der Waals surface area (Å²) in [6, 6.07) is 13.8. The van der Waals surface area contributed by atoms with Gasteiger partial charge < -0.3 is 24.8 Å². The lowest BCUT2D eigenvalue weighted by atomic mass is 9.95. The van der Waals surface area contributed by atoms with Crippen LogP contribution in [0.5, 0.6) is 11.5 Å². The number of amides is 2. The normalized spacial score (nSPS) is 15.8. The van der Waals surface area contributed by atoms with Crippen LogP contribution in [0.2, 0.25) is 0 Å². The first-order valence-electron chi connectivity index (χ1n) is 9.44. The highest BCUT2D eigenvalue weighted by molar-refractivity contribution is 7.99. The molecule has 1 atom stereocenters. The van der Waals surface area contributed by atoms with Crippen LogP contribution in [-0.4, -0.2) is 38.6 Å². The minimum Gasteiger partial charge on any atom is -0.497 e. The van der Waals surface area contributed by atoms with Gasteiger partial charge in [-0.25, -0.2) is 9.59 Å². The molecule has 8 heteroatoms. The molecular formula is C22H24N2O5S. The molecule has 0 bridgehead atoms. The average molecular weight is 429 g/mol. The molecule has 2 N–H and O–H groups in total. The molecular weight excluding hydrogens is 404 g/mol. The van der Waals surface area contributed by atoms with Crippen LogP contribution in [0.3, 0.4) is 0 Å². The van der Waals surface area contributed by atoms with Gasteiger partial charge in [0.25, 0.3) is 0 Å². The van der Waals surface area contributed by atoms with Gasteiger partial charge in [0.2, 0.25) is 0 Å². The second-order valence-electron chi connectivity index (χ2n) is 6.38. The van der Waals surface area contributed by atoms with Gasteiger partial charge in [-0.1, -0.05) is 12.1 Å². The van der Waals surface area contributed by atoms with E-state index in [0.29, 0.717) is 22.8 Å². The van der Waals surface area contributed by atoms with Crippen LogP contribution in [0.15, 0.2) is 64.7 Å². The standard InChI is InChI=1S/C22H24N2O5S/c1-4-29-21(25)19-18(13-30-17-11-9-16(28-3)10-12-17)23-22(26)24-20(19)14-5-7-15(27-2)8-6-14/h5-12,20H,4,13H2,1-3H3,(H2,23,24,26). The Hall–Kier alpha value is -3.13. The van der Waals surface area contributed by atoms with Crippen molar-refractivity contribution in [2.75, 3.05) is 26.6 Å². The van der Waals surface area contributed by atoms with E-state index < -0.39 is 12.0 Å². The number of rotatable bonds is 8. The number of urea groups is 1. The first-order valence-corrected chi connectivity index (χ1v) is 10.4. The molecule has 3 rings (SSSR count). The Labute approximate surface area is 179 Å². The molecule has 1 aliphatic rings. The molecule has 1 aliphatic heterocycles. The van der Waals surface area contributed by atoms with Gasteiger partial charge in [0, 0.05) is 16.3 Å². The predicted molar refractivity (Wildman–Crippen MR) is 115 cm³/mol. The van der Waals surface area contributed by atoms with Gasteiger partial charge in [-0.2, -0.15) is 0 Å². The molecule has 0 saturated carbocycles. The van der Waals surface area contributed by atoms with Crippen molar-refractivity contribution in [2.24, 2.45) is 0 Å². The maximum atomic E-state index is 12.8. The zero-order valence-corrected chi connectivity index (χ0v) is 17.9. The van der Waals surface area contributed by atoms with Crippen LogP contribution in [0, 0.1) is 0 Å². The van der Waals surface area contributed by atoms with Crippen molar-refractivity contribution in [3.05, 3.63) is 65.4 Å². The summed E-state index contributed by atoms with van der Waals surface area (Å²) in [6.07, 6.45) is 0. The van der Waals surface area contributed by atoms with E-state index in [9.17, 15) is 9.59 Å². The van der Waals surface area contributed by atoms with Crippen molar-refractivity contribution >= 4 is 23.8 Å². The Morgan fingerprint density at radius 2 is 1.60 bits per heavy atom. The van der Waals surface area contributed by atoms with Gasteiger partial charge in [-0.05, 0) is 48.9 Å². The van der Waals surface area contributed by atoms with Crippen LogP contribution < -0.4 is 20.1 Å². The summed E-state index contributed by atoms with van der Waals surface area (Å²) < 4.78 is 15.7. The summed E-state index contributed by atoms with van der Waals surface area (Å²) in [6.45, 7) is 1.99. The van der Waals surface area contributed by atoms with E-state index >= 15 is 0 Å². The third kappa shape index (κ3) is 5.07. The highest BCUT2D eigenvalue weighted by Gasteiger charge is 2.33. The fraction of sp³-hybridized carbons (Fsp3) is 0.273. The molecule has 2 amide bonds. The second-order valence-corrected chi connectivity index (χ2v) is 7.43. The summed E-state index contributed by atoms with van der Waals surface area (Å²) in [5, 5.41) is 5.61. The van der Waals surface area contributed by atoms with E-state index in [0.717, 1.165) is 16.2 Å². The smallest absolute Gasteiger partial charge is 0.338 e. The fourth-order valence-electron chi connectivity index (χ4n) is 3.06. The minimum atomic E-state index is -0.616. The maximum Gasteiger partial charge on any atom is 0.338 e. The number of thioether (sulfide) groups is 1. The van der Waals surface area contributed by atoms with E-state index in [1.54, 1.807) is 33.3 Å². The number of methoxy groups -OCH3 is 2. The highest BCUT2D eigenvalue weighted by atomic mass is 32.2. The molecule has 0 spiro atoms. The molecule has 0 fully saturated rings. The van der Waals surface area contributed by atoms with Crippen LogP contribution in [0.1, 0.15) is 18.5 Å². The van der Waals surface area contributed by atoms with Gasteiger partial charge in [-0.3, -0.25) is 0 Å². The summed E-state index contributed by atoms with van der Waals surface area (Å²) in [5.41, 5.74) is 1.68. The molecule has 30 heavy (non-hydrogen) atoms. The molecule has 2 aromatic carbocycles. The Bertz CT molecular complexity index is 926. The Kier molecular flexibility index (Phi) is 7.24. The Balaban J connectivity index is 1.92. The van der Waals surface area contributed by atoms with Gasteiger partial charge in [0.1, 0.15) is 11.5 Å². The Morgan fingerprint density at radius 3 is 2.17 bits per heavy atom. The van der Waals surface area contributed by atoms with Crippen LogP contribution in [-0.2, 0) is 9.53 Å². The SMILES string of the molecule is CCOC(=O)C1=C(CSc2ccc(OC)cc2)NC(=O)NC1c1ccc(OC)cc1. The molecule has 2 aromatic rings. The lowest BCUT2D eigenvalue weighted by Gasteiger charge is -2.29. The molecule has 1 heterocycles. The molecule has 0 saturated heterocycles. The van der Waals surface area contributed by atoms with E-state index in [2.05, 4.69) is 10.6 Å². The first kappa shape index (κ1) is 21.6. The van der Waals surface area contributed by atoms with E-state index in [4.69, 9.17) is 14.2 Å². The Morgan fingerprint density at radius 1 is 1.00 bits per heavy atom. The third-order valence-electron chi connectivity index (χ3n) is 4.54. The summed E-state index contributed by atoms with van der Waals surface area (Å²) in [7, 11) is 3.20. The topological polar surface area (TPSA) is 85.9 Å². The highest BCUT2D eigenvalue weighted by Crippen LogP contribution is 2.32. The number of ether oxygens (including phenoxy) is 3. The van der Waals surface area contributed by atoms with E-state index in [-0.39, 0.29) is 12.6 Å². The van der Waals surface area contributed by atoms with Gasteiger partial charge in [-0.15, -0.1) is 11.8 Å². The van der Waals surface area contributed by atoms with Gasteiger partial charge >= 0.3 is 12.0 Å². The van der Waals surface area contributed by atoms with Crippen LogP contribution in [0.4, 0.5) is 4.79 Å². The monoisotopic (exact) mass is 428 g/mol. The maximum absolute atomic E-state index is 12.8. The molecule has 0 aromatic heterocycles. The number of esters is 1. The number of hydrogen-bond donors (Lipinski definition) is 2. The first-order chi connectivity index (χ1) is 14.5. The van der Waals surface area contributed by atoms with Gasteiger partial charge in [0.05, 0.1) is 32.4 Å². The van der Waals surface area contributed by atoms with Crippen molar-refractivity contribution in [3.63, 3.8) is 0 Å².